The third kappa shape index (κ3) is 3.98. The summed E-state index contributed by atoms with van der Waals surface area (Å²) < 4.78 is 0.751. The fourth-order valence-electron chi connectivity index (χ4n) is 3.34. The zero-order valence-electron chi connectivity index (χ0n) is 15.1. The molecule has 2 aromatic rings. The van der Waals surface area contributed by atoms with E-state index in [4.69, 9.17) is 0 Å². The van der Waals surface area contributed by atoms with E-state index in [2.05, 4.69) is 28.2 Å². The largest absolute Gasteiger partial charge is 0.336 e. The number of hydrogen-bond acceptors (Lipinski definition) is 2. The Bertz CT molecular complexity index is 835. The molecule has 0 saturated carbocycles. The Labute approximate surface area is 162 Å². The highest BCUT2D eigenvalue weighted by Gasteiger charge is 2.24. The van der Waals surface area contributed by atoms with Gasteiger partial charge in [0.05, 0.1) is 5.56 Å². The second-order valence-corrected chi connectivity index (χ2v) is 7.66. The summed E-state index contributed by atoms with van der Waals surface area (Å²) in [5.41, 5.74) is 2.85. The Hall–Kier alpha value is -2.14. The van der Waals surface area contributed by atoms with Gasteiger partial charge in [0.2, 0.25) is 0 Å². The van der Waals surface area contributed by atoms with Crippen molar-refractivity contribution in [2.75, 3.05) is 11.9 Å². The van der Waals surface area contributed by atoms with E-state index in [0.717, 1.165) is 29.4 Å². The van der Waals surface area contributed by atoms with Crippen LogP contribution in [0.15, 0.2) is 46.9 Å². The van der Waals surface area contributed by atoms with Gasteiger partial charge in [-0.05, 0) is 84.9 Å². The van der Waals surface area contributed by atoms with E-state index in [1.807, 2.05) is 42.2 Å². The monoisotopic (exact) mass is 414 g/mol. The smallest absolute Gasteiger partial charge is 0.256 e. The molecule has 0 spiro atoms. The molecule has 3 rings (SSSR count). The Balaban J connectivity index is 1.76. The molecule has 26 heavy (non-hydrogen) atoms. The molecule has 0 bridgehead atoms. The van der Waals surface area contributed by atoms with E-state index >= 15 is 0 Å². The molecule has 1 heterocycles. The van der Waals surface area contributed by atoms with Crippen molar-refractivity contribution in [3.8, 4) is 0 Å². The molecular formula is C21H23BrN2O2. The van der Waals surface area contributed by atoms with Crippen molar-refractivity contribution in [2.45, 2.75) is 39.2 Å². The standard InChI is InChI=1S/C21H23BrN2O2/c1-14-13-16(21(26)24-12-6-5-7-15(24)2)10-11-19(14)23-20(25)17-8-3-4-9-18(17)22/h3-4,8-11,13,15H,5-7,12H2,1-2H3,(H,23,25). The molecule has 1 saturated heterocycles. The first-order valence-electron chi connectivity index (χ1n) is 8.95. The van der Waals surface area contributed by atoms with Crippen molar-refractivity contribution in [1.82, 2.24) is 4.90 Å². The number of nitrogens with one attached hydrogen (secondary N) is 1. The predicted molar refractivity (Wildman–Crippen MR) is 108 cm³/mol. The Kier molecular flexibility index (Phi) is 5.77. The van der Waals surface area contributed by atoms with Crippen molar-refractivity contribution in [3.05, 3.63) is 63.6 Å². The van der Waals surface area contributed by atoms with Crippen LogP contribution >= 0.6 is 15.9 Å². The van der Waals surface area contributed by atoms with Crippen LogP contribution in [0.25, 0.3) is 0 Å². The van der Waals surface area contributed by atoms with Gasteiger partial charge in [-0.3, -0.25) is 9.59 Å². The van der Waals surface area contributed by atoms with Crippen molar-refractivity contribution < 1.29 is 9.59 Å². The molecule has 0 radical (unpaired) electrons. The highest BCUT2D eigenvalue weighted by molar-refractivity contribution is 9.10. The number of nitrogens with zero attached hydrogens (tertiary/aromatic N) is 1. The number of carbonyl (C=O) groups is 2. The van der Waals surface area contributed by atoms with Gasteiger partial charge in [-0.25, -0.2) is 0 Å². The minimum Gasteiger partial charge on any atom is -0.336 e. The van der Waals surface area contributed by atoms with Crippen LogP contribution in [-0.4, -0.2) is 29.3 Å². The lowest BCUT2D eigenvalue weighted by Crippen LogP contribution is -2.42. The summed E-state index contributed by atoms with van der Waals surface area (Å²) in [5.74, 6) is -0.103. The van der Waals surface area contributed by atoms with E-state index in [1.165, 1.54) is 6.42 Å². The highest BCUT2D eigenvalue weighted by Crippen LogP contribution is 2.23. The fraction of sp³-hybridized carbons (Fsp3) is 0.333. The summed E-state index contributed by atoms with van der Waals surface area (Å²) in [6.07, 6.45) is 3.31. The average Bonchev–Trinajstić information content (AvgIpc) is 2.63. The third-order valence-corrected chi connectivity index (χ3v) is 5.60. The average molecular weight is 415 g/mol. The summed E-state index contributed by atoms with van der Waals surface area (Å²) in [7, 11) is 0. The molecule has 136 valence electrons. The van der Waals surface area contributed by atoms with E-state index in [-0.39, 0.29) is 17.9 Å². The van der Waals surface area contributed by atoms with Gasteiger partial charge in [0.25, 0.3) is 11.8 Å². The van der Waals surface area contributed by atoms with Gasteiger partial charge < -0.3 is 10.2 Å². The fourth-order valence-corrected chi connectivity index (χ4v) is 3.80. The molecule has 1 atom stereocenters. The summed E-state index contributed by atoms with van der Waals surface area (Å²) in [6.45, 7) is 4.84. The van der Waals surface area contributed by atoms with Crippen LogP contribution in [0.1, 0.15) is 52.5 Å². The molecule has 5 heteroatoms. The highest BCUT2D eigenvalue weighted by atomic mass is 79.9. The first-order valence-corrected chi connectivity index (χ1v) is 9.74. The number of rotatable bonds is 3. The van der Waals surface area contributed by atoms with E-state index in [0.29, 0.717) is 16.8 Å². The van der Waals surface area contributed by atoms with E-state index in [9.17, 15) is 9.59 Å². The van der Waals surface area contributed by atoms with Crippen LogP contribution in [0.2, 0.25) is 0 Å². The Morgan fingerprint density at radius 1 is 1.15 bits per heavy atom. The van der Waals surface area contributed by atoms with Crippen molar-refractivity contribution in [2.24, 2.45) is 0 Å². The number of amides is 2. The number of hydrogen-bond donors (Lipinski definition) is 1. The van der Waals surface area contributed by atoms with Crippen LogP contribution in [0.3, 0.4) is 0 Å². The molecule has 0 aromatic heterocycles. The van der Waals surface area contributed by atoms with Gasteiger partial charge in [0.15, 0.2) is 0 Å². The molecule has 1 aliphatic heterocycles. The molecule has 2 amide bonds. The maximum atomic E-state index is 12.8. The van der Waals surface area contributed by atoms with Crippen molar-refractivity contribution in [3.63, 3.8) is 0 Å². The maximum Gasteiger partial charge on any atom is 0.256 e. The van der Waals surface area contributed by atoms with Gasteiger partial charge >= 0.3 is 0 Å². The second kappa shape index (κ2) is 8.04. The van der Waals surface area contributed by atoms with E-state index < -0.39 is 0 Å². The molecule has 1 N–H and O–H groups in total. The number of halogens is 1. The number of benzene rings is 2. The molecule has 0 aliphatic carbocycles. The number of likely N-dealkylation sites (tertiary alicyclic amines) is 1. The van der Waals surface area contributed by atoms with Crippen LogP contribution in [0, 0.1) is 6.92 Å². The van der Waals surface area contributed by atoms with Crippen LogP contribution in [0.5, 0.6) is 0 Å². The topological polar surface area (TPSA) is 49.4 Å². The molecule has 2 aromatic carbocycles. The van der Waals surface area contributed by atoms with Gasteiger partial charge in [-0.1, -0.05) is 12.1 Å². The normalized spacial score (nSPS) is 17.0. The number of piperidine rings is 1. The quantitative estimate of drug-likeness (QED) is 0.765. The van der Waals surface area contributed by atoms with E-state index in [1.54, 1.807) is 12.1 Å². The summed E-state index contributed by atoms with van der Waals surface area (Å²) in [4.78, 5) is 27.2. The zero-order valence-corrected chi connectivity index (χ0v) is 16.7. The lowest BCUT2D eigenvalue weighted by Gasteiger charge is -2.33. The maximum absolute atomic E-state index is 12.8. The van der Waals surface area contributed by atoms with Crippen LogP contribution in [-0.2, 0) is 0 Å². The van der Waals surface area contributed by atoms with Gasteiger partial charge in [-0.2, -0.15) is 0 Å². The SMILES string of the molecule is Cc1cc(C(=O)N2CCCCC2C)ccc1NC(=O)c1ccccc1Br. The summed E-state index contributed by atoms with van der Waals surface area (Å²) in [5, 5.41) is 2.93. The molecular weight excluding hydrogens is 392 g/mol. The minimum absolute atomic E-state index is 0.0731. The lowest BCUT2D eigenvalue weighted by atomic mass is 10.0. The van der Waals surface area contributed by atoms with Crippen molar-refractivity contribution in [1.29, 1.82) is 0 Å². The first kappa shape index (κ1) is 18.6. The molecule has 4 nitrogen and oxygen atoms in total. The second-order valence-electron chi connectivity index (χ2n) is 6.81. The molecule has 1 unspecified atom stereocenters. The van der Waals surface area contributed by atoms with Crippen LogP contribution in [0.4, 0.5) is 5.69 Å². The molecule has 1 fully saturated rings. The van der Waals surface area contributed by atoms with Gasteiger partial charge in [0.1, 0.15) is 0 Å². The molecule has 1 aliphatic rings. The minimum atomic E-state index is -0.177. The summed E-state index contributed by atoms with van der Waals surface area (Å²) >= 11 is 3.40. The van der Waals surface area contributed by atoms with Gasteiger partial charge in [-0.15, -0.1) is 0 Å². The lowest BCUT2D eigenvalue weighted by molar-refractivity contribution is 0.0635. The van der Waals surface area contributed by atoms with Gasteiger partial charge in [0, 0.05) is 28.3 Å². The number of carbonyl (C=O) groups excluding carboxylic acids is 2. The van der Waals surface area contributed by atoms with Crippen LogP contribution < -0.4 is 5.32 Å². The number of aryl methyl sites for hydroxylation is 1. The third-order valence-electron chi connectivity index (χ3n) is 4.90. The summed E-state index contributed by atoms with van der Waals surface area (Å²) in [6, 6.07) is 13.1. The Morgan fingerprint density at radius 3 is 2.62 bits per heavy atom. The first-order chi connectivity index (χ1) is 12.5. The zero-order chi connectivity index (χ0) is 18.7. The Morgan fingerprint density at radius 2 is 1.92 bits per heavy atom. The van der Waals surface area contributed by atoms with Crippen molar-refractivity contribution >= 4 is 33.4 Å². The number of anilines is 1. The predicted octanol–water partition coefficient (Wildman–Crippen LogP) is 5.02.